The summed E-state index contributed by atoms with van der Waals surface area (Å²) in [6, 6.07) is 11.5. The molecule has 2 saturated heterocycles. The zero-order valence-corrected chi connectivity index (χ0v) is 14.1. The summed E-state index contributed by atoms with van der Waals surface area (Å²) < 4.78 is 0. The van der Waals surface area contributed by atoms with Crippen LogP contribution in [-0.2, 0) is 11.3 Å². The molecular weight excluding hydrogens is 286 g/mol. The van der Waals surface area contributed by atoms with Crippen LogP contribution in [0.5, 0.6) is 0 Å². The third-order valence-electron chi connectivity index (χ3n) is 5.30. The fourth-order valence-electron chi connectivity index (χ4n) is 3.81. The average molecular weight is 315 g/mol. The molecule has 2 N–H and O–H groups in total. The minimum absolute atomic E-state index is 0.217. The zero-order valence-electron chi connectivity index (χ0n) is 14.1. The van der Waals surface area contributed by atoms with Crippen LogP contribution in [0.3, 0.4) is 0 Å². The molecule has 0 bridgehead atoms. The maximum atomic E-state index is 12.4. The average Bonchev–Trinajstić information content (AvgIpc) is 2.59. The van der Waals surface area contributed by atoms with Crippen LogP contribution in [0.25, 0.3) is 0 Å². The highest BCUT2D eigenvalue weighted by Crippen LogP contribution is 2.21. The molecule has 23 heavy (non-hydrogen) atoms. The van der Waals surface area contributed by atoms with Crippen LogP contribution >= 0.6 is 0 Å². The van der Waals surface area contributed by atoms with E-state index in [-0.39, 0.29) is 11.8 Å². The van der Waals surface area contributed by atoms with Gasteiger partial charge in [-0.05, 0) is 51.3 Å². The summed E-state index contributed by atoms with van der Waals surface area (Å²) in [5.74, 6) is 0.495. The fourth-order valence-corrected chi connectivity index (χ4v) is 3.81. The first-order valence-electron chi connectivity index (χ1n) is 9.01. The zero-order chi connectivity index (χ0) is 16.1. The van der Waals surface area contributed by atoms with Crippen molar-refractivity contribution in [1.29, 1.82) is 0 Å². The van der Waals surface area contributed by atoms with Crippen molar-refractivity contribution in [3.8, 4) is 0 Å². The number of amides is 1. The summed E-state index contributed by atoms with van der Waals surface area (Å²) in [6.45, 7) is 6.31. The lowest BCUT2D eigenvalue weighted by Crippen LogP contribution is -2.50. The second kappa shape index (κ2) is 7.93. The third kappa shape index (κ3) is 4.55. The first-order valence-corrected chi connectivity index (χ1v) is 9.01. The van der Waals surface area contributed by atoms with Crippen molar-refractivity contribution in [3.05, 3.63) is 35.9 Å². The van der Waals surface area contributed by atoms with Gasteiger partial charge in [-0.1, -0.05) is 30.3 Å². The lowest BCUT2D eigenvalue weighted by atomic mass is 9.94. The van der Waals surface area contributed by atoms with Crippen molar-refractivity contribution in [2.75, 3.05) is 19.6 Å². The monoisotopic (exact) mass is 315 g/mol. The molecule has 0 aromatic heterocycles. The van der Waals surface area contributed by atoms with Gasteiger partial charge >= 0.3 is 0 Å². The fraction of sp³-hybridized carbons (Fsp3) is 0.632. The molecule has 2 aliphatic rings. The van der Waals surface area contributed by atoms with Crippen molar-refractivity contribution in [2.45, 2.75) is 51.2 Å². The second-order valence-electron chi connectivity index (χ2n) is 7.06. The number of rotatable bonds is 4. The normalized spacial score (nSPS) is 26.8. The molecule has 2 aliphatic heterocycles. The molecule has 2 unspecified atom stereocenters. The molecule has 2 heterocycles. The number of carbonyl (C=O) groups excluding carboxylic acids is 1. The second-order valence-corrected chi connectivity index (χ2v) is 7.06. The maximum Gasteiger partial charge on any atom is 0.223 e. The minimum atomic E-state index is 0.217. The van der Waals surface area contributed by atoms with E-state index in [4.69, 9.17) is 0 Å². The summed E-state index contributed by atoms with van der Waals surface area (Å²) in [5, 5.41) is 6.63. The molecule has 3 rings (SSSR count). The largest absolute Gasteiger partial charge is 0.353 e. The molecular formula is C19H29N3O. The Morgan fingerprint density at radius 1 is 1.22 bits per heavy atom. The van der Waals surface area contributed by atoms with Gasteiger partial charge in [-0.3, -0.25) is 9.69 Å². The topological polar surface area (TPSA) is 44.4 Å². The molecule has 1 aromatic carbocycles. The van der Waals surface area contributed by atoms with Crippen molar-refractivity contribution in [1.82, 2.24) is 15.5 Å². The predicted molar refractivity (Wildman–Crippen MR) is 93.1 cm³/mol. The van der Waals surface area contributed by atoms with Gasteiger partial charge in [-0.25, -0.2) is 0 Å². The quantitative estimate of drug-likeness (QED) is 0.895. The Labute approximate surface area is 139 Å². The van der Waals surface area contributed by atoms with Crippen molar-refractivity contribution >= 4 is 5.91 Å². The van der Waals surface area contributed by atoms with Gasteiger partial charge in [0.2, 0.25) is 5.91 Å². The van der Waals surface area contributed by atoms with E-state index in [2.05, 4.69) is 52.8 Å². The Kier molecular flexibility index (Phi) is 5.68. The summed E-state index contributed by atoms with van der Waals surface area (Å²) >= 11 is 0. The minimum Gasteiger partial charge on any atom is -0.353 e. The molecule has 1 aromatic rings. The number of hydrogen-bond acceptors (Lipinski definition) is 3. The highest BCUT2D eigenvalue weighted by molar-refractivity contribution is 5.79. The number of nitrogens with zero attached hydrogens (tertiary/aromatic N) is 1. The standard InChI is InChI=1S/C19H29N3O/c1-15-13-18(21-19(23)17-7-10-20-11-8-17)9-12-22(15)14-16-5-3-2-4-6-16/h2-6,15,17-18,20H,7-14H2,1H3,(H,21,23). The summed E-state index contributed by atoms with van der Waals surface area (Å²) in [4.78, 5) is 14.9. The van der Waals surface area contributed by atoms with Gasteiger partial charge in [0.1, 0.15) is 0 Å². The molecule has 4 heteroatoms. The Bertz CT molecular complexity index is 499. The van der Waals surface area contributed by atoms with Crippen LogP contribution in [0.15, 0.2) is 30.3 Å². The number of piperidine rings is 2. The van der Waals surface area contributed by atoms with Crippen LogP contribution < -0.4 is 10.6 Å². The first kappa shape index (κ1) is 16.5. The van der Waals surface area contributed by atoms with Crippen LogP contribution in [0.2, 0.25) is 0 Å². The Morgan fingerprint density at radius 3 is 2.65 bits per heavy atom. The van der Waals surface area contributed by atoms with Gasteiger partial charge in [0.15, 0.2) is 0 Å². The van der Waals surface area contributed by atoms with Gasteiger partial charge in [-0.2, -0.15) is 0 Å². The lowest BCUT2D eigenvalue weighted by molar-refractivity contribution is -0.126. The van der Waals surface area contributed by atoms with E-state index in [0.717, 1.165) is 51.9 Å². The SMILES string of the molecule is CC1CC(NC(=O)C2CCNCC2)CCN1Cc1ccccc1. The Balaban J connectivity index is 1.47. The Hall–Kier alpha value is -1.39. The number of likely N-dealkylation sites (tertiary alicyclic amines) is 1. The van der Waals surface area contributed by atoms with Gasteiger partial charge in [-0.15, -0.1) is 0 Å². The van der Waals surface area contributed by atoms with Gasteiger partial charge < -0.3 is 10.6 Å². The molecule has 4 nitrogen and oxygen atoms in total. The van der Waals surface area contributed by atoms with Crippen molar-refractivity contribution < 1.29 is 4.79 Å². The van der Waals surface area contributed by atoms with E-state index in [1.165, 1.54) is 5.56 Å². The lowest BCUT2D eigenvalue weighted by Gasteiger charge is -2.38. The Morgan fingerprint density at radius 2 is 1.96 bits per heavy atom. The molecule has 126 valence electrons. The predicted octanol–water partition coefficient (Wildman–Crippen LogP) is 2.16. The van der Waals surface area contributed by atoms with E-state index in [0.29, 0.717) is 12.1 Å². The highest BCUT2D eigenvalue weighted by atomic mass is 16.1. The van der Waals surface area contributed by atoms with Crippen LogP contribution in [0, 0.1) is 5.92 Å². The number of hydrogen-bond donors (Lipinski definition) is 2. The molecule has 2 atom stereocenters. The molecule has 2 fully saturated rings. The van der Waals surface area contributed by atoms with E-state index in [1.54, 1.807) is 0 Å². The van der Waals surface area contributed by atoms with E-state index < -0.39 is 0 Å². The molecule has 0 radical (unpaired) electrons. The van der Waals surface area contributed by atoms with Gasteiger partial charge in [0.05, 0.1) is 0 Å². The molecule has 0 spiro atoms. The number of nitrogens with one attached hydrogen (secondary N) is 2. The number of carbonyl (C=O) groups is 1. The van der Waals surface area contributed by atoms with Gasteiger partial charge in [0, 0.05) is 31.1 Å². The van der Waals surface area contributed by atoms with Crippen molar-refractivity contribution in [2.24, 2.45) is 5.92 Å². The van der Waals surface area contributed by atoms with Crippen molar-refractivity contribution in [3.63, 3.8) is 0 Å². The summed E-state index contributed by atoms with van der Waals surface area (Å²) in [7, 11) is 0. The summed E-state index contributed by atoms with van der Waals surface area (Å²) in [5.41, 5.74) is 1.37. The molecule has 1 amide bonds. The van der Waals surface area contributed by atoms with Crippen LogP contribution in [0.1, 0.15) is 38.2 Å². The van der Waals surface area contributed by atoms with E-state index >= 15 is 0 Å². The van der Waals surface area contributed by atoms with Crippen LogP contribution in [0.4, 0.5) is 0 Å². The van der Waals surface area contributed by atoms with E-state index in [9.17, 15) is 4.79 Å². The van der Waals surface area contributed by atoms with Crippen LogP contribution in [-0.4, -0.2) is 42.5 Å². The third-order valence-corrected chi connectivity index (χ3v) is 5.30. The highest BCUT2D eigenvalue weighted by Gasteiger charge is 2.28. The first-order chi connectivity index (χ1) is 11.2. The smallest absolute Gasteiger partial charge is 0.223 e. The van der Waals surface area contributed by atoms with E-state index in [1.807, 2.05) is 0 Å². The maximum absolute atomic E-state index is 12.4. The number of benzene rings is 1. The molecule has 0 saturated carbocycles. The van der Waals surface area contributed by atoms with Gasteiger partial charge in [0.25, 0.3) is 0 Å². The molecule has 0 aliphatic carbocycles. The summed E-state index contributed by atoms with van der Waals surface area (Å²) in [6.07, 6.45) is 4.08.